The van der Waals surface area contributed by atoms with Gasteiger partial charge in [0.1, 0.15) is 0 Å². The molecule has 3 aromatic carbocycles. The average molecular weight is 581 g/mol. The number of anilines is 2. The number of nitrogens with one attached hydrogen (secondary N) is 1. The van der Waals surface area contributed by atoms with Crippen LogP contribution >= 0.6 is 39.5 Å². The Morgan fingerprint density at radius 2 is 1.58 bits per heavy atom. The third-order valence-electron chi connectivity index (χ3n) is 5.73. The predicted molar refractivity (Wildman–Crippen MR) is 146 cm³/mol. The first-order valence-corrected chi connectivity index (χ1v) is 13.8. The van der Waals surface area contributed by atoms with E-state index in [0.717, 1.165) is 25.6 Å². The smallest absolute Gasteiger partial charge is 0.253 e. The number of amides is 2. The molecule has 2 heterocycles. The summed E-state index contributed by atoms with van der Waals surface area (Å²) in [5, 5.41) is 12.1. The standard InChI is InChI=1S/C26H22BrN5O2S2/c1-16(28-25(34)17-9-3-4-10-18(17)27)24-29-30-26(31(24)2)35-15-23(33)32-19-11-5-7-13-21(19)36-22-14-8-6-12-20(22)32/h3-14,16H,15H2,1-2H3,(H,28,34)/t16-/m1/s1. The molecule has 0 unspecified atom stereocenters. The summed E-state index contributed by atoms with van der Waals surface area (Å²) in [7, 11) is 1.84. The Balaban J connectivity index is 1.30. The summed E-state index contributed by atoms with van der Waals surface area (Å²) in [5.41, 5.74) is 2.31. The lowest BCUT2D eigenvalue weighted by Crippen LogP contribution is -2.30. The average Bonchev–Trinajstić information content (AvgIpc) is 3.26. The van der Waals surface area contributed by atoms with Crippen molar-refractivity contribution >= 4 is 62.6 Å². The maximum atomic E-state index is 13.5. The van der Waals surface area contributed by atoms with Crippen LogP contribution in [0.25, 0.3) is 0 Å². The highest BCUT2D eigenvalue weighted by Gasteiger charge is 2.28. The molecule has 7 nitrogen and oxygen atoms in total. The molecule has 2 amide bonds. The molecule has 5 rings (SSSR count). The molecule has 0 radical (unpaired) electrons. The summed E-state index contributed by atoms with van der Waals surface area (Å²) in [6, 6.07) is 22.7. The molecule has 36 heavy (non-hydrogen) atoms. The second-order valence-corrected chi connectivity index (χ2v) is 11.0. The first kappa shape index (κ1) is 24.6. The fourth-order valence-corrected chi connectivity index (χ4v) is 6.27. The summed E-state index contributed by atoms with van der Waals surface area (Å²) in [6.07, 6.45) is 0. The molecule has 0 saturated carbocycles. The summed E-state index contributed by atoms with van der Waals surface area (Å²) >= 11 is 6.41. The molecule has 1 atom stereocenters. The number of hydrogen-bond donors (Lipinski definition) is 1. The number of nitrogens with zero attached hydrogens (tertiary/aromatic N) is 4. The van der Waals surface area contributed by atoms with Gasteiger partial charge in [0.15, 0.2) is 11.0 Å². The molecule has 0 fully saturated rings. The van der Waals surface area contributed by atoms with Crippen LogP contribution in [0.4, 0.5) is 11.4 Å². The van der Waals surface area contributed by atoms with Crippen LogP contribution in [-0.2, 0) is 11.8 Å². The minimum absolute atomic E-state index is 0.0416. The Labute approximate surface area is 225 Å². The van der Waals surface area contributed by atoms with Crippen LogP contribution in [0.3, 0.4) is 0 Å². The highest BCUT2D eigenvalue weighted by atomic mass is 79.9. The molecule has 4 aromatic rings. The topological polar surface area (TPSA) is 80.1 Å². The lowest BCUT2D eigenvalue weighted by Gasteiger charge is -2.30. The lowest BCUT2D eigenvalue weighted by molar-refractivity contribution is -0.115. The van der Waals surface area contributed by atoms with Gasteiger partial charge in [-0.1, -0.05) is 59.9 Å². The van der Waals surface area contributed by atoms with Gasteiger partial charge in [0, 0.05) is 21.3 Å². The number of rotatable bonds is 6. The van der Waals surface area contributed by atoms with Crippen molar-refractivity contribution < 1.29 is 9.59 Å². The van der Waals surface area contributed by atoms with Gasteiger partial charge < -0.3 is 9.88 Å². The number of halogens is 1. The van der Waals surface area contributed by atoms with Gasteiger partial charge in [-0.25, -0.2) is 0 Å². The second kappa shape index (κ2) is 10.5. The van der Waals surface area contributed by atoms with E-state index in [2.05, 4.69) is 31.4 Å². The van der Waals surface area contributed by atoms with Crippen molar-refractivity contribution in [2.75, 3.05) is 10.7 Å². The Morgan fingerprint density at radius 3 is 2.25 bits per heavy atom. The maximum absolute atomic E-state index is 13.5. The van der Waals surface area contributed by atoms with E-state index >= 15 is 0 Å². The van der Waals surface area contributed by atoms with Gasteiger partial charge >= 0.3 is 0 Å². The molecule has 1 aromatic heterocycles. The van der Waals surface area contributed by atoms with E-state index in [1.165, 1.54) is 11.8 Å². The van der Waals surface area contributed by atoms with Gasteiger partial charge in [-0.2, -0.15) is 0 Å². The van der Waals surface area contributed by atoms with Crippen molar-refractivity contribution in [3.05, 3.63) is 88.7 Å². The van der Waals surface area contributed by atoms with E-state index in [4.69, 9.17) is 0 Å². The Morgan fingerprint density at radius 1 is 0.972 bits per heavy atom. The van der Waals surface area contributed by atoms with Crippen molar-refractivity contribution in [2.45, 2.75) is 27.9 Å². The Kier molecular flexibility index (Phi) is 7.17. The van der Waals surface area contributed by atoms with Crippen molar-refractivity contribution in [2.24, 2.45) is 7.05 Å². The summed E-state index contributed by atoms with van der Waals surface area (Å²) in [5.74, 6) is 0.551. The monoisotopic (exact) mass is 579 g/mol. The van der Waals surface area contributed by atoms with E-state index in [9.17, 15) is 9.59 Å². The van der Waals surface area contributed by atoms with Crippen LogP contribution in [0.1, 0.15) is 29.1 Å². The Bertz CT molecular complexity index is 1410. The zero-order valence-electron chi connectivity index (χ0n) is 19.5. The lowest BCUT2D eigenvalue weighted by atomic mass is 10.2. The SMILES string of the molecule is C[C@@H](NC(=O)c1ccccc1Br)c1nnc(SCC(=O)N2c3ccccc3Sc3ccccc32)n1C. The number of thioether (sulfide) groups is 1. The van der Waals surface area contributed by atoms with Gasteiger partial charge in [-0.15, -0.1) is 10.2 Å². The van der Waals surface area contributed by atoms with Crippen LogP contribution in [0.5, 0.6) is 0 Å². The quantitative estimate of drug-likeness (QED) is 0.282. The van der Waals surface area contributed by atoms with Gasteiger partial charge in [0.05, 0.1) is 28.7 Å². The molecular weight excluding hydrogens is 558 g/mol. The number of hydrogen-bond acceptors (Lipinski definition) is 6. The van der Waals surface area contributed by atoms with Gasteiger partial charge in [-0.3, -0.25) is 14.5 Å². The largest absolute Gasteiger partial charge is 0.342 e. The molecule has 0 saturated heterocycles. The fraction of sp³-hybridized carbons (Fsp3) is 0.154. The second-order valence-electron chi connectivity index (χ2n) is 8.13. The van der Waals surface area contributed by atoms with E-state index < -0.39 is 0 Å². The molecule has 182 valence electrons. The van der Waals surface area contributed by atoms with Crippen molar-refractivity contribution in [1.29, 1.82) is 0 Å². The minimum atomic E-state index is -0.370. The minimum Gasteiger partial charge on any atom is -0.342 e. The van der Waals surface area contributed by atoms with E-state index in [1.54, 1.807) is 22.7 Å². The number of benzene rings is 3. The van der Waals surface area contributed by atoms with Crippen molar-refractivity contribution in [3.8, 4) is 0 Å². The highest BCUT2D eigenvalue weighted by Crippen LogP contribution is 2.48. The number of carbonyl (C=O) groups excluding carboxylic acids is 2. The van der Waals surface area contributed by atoms with Crippen LogP contribution in [0, 0.1) is 0 Å². The van der Waals surface area contributed by atoms with Gasteiger partial charge in [-0.05, 0) is 59.3 Å². The van der Waals surface area contributed by atoms with Crippen LogP contribution in [0.2, 0.25) is 0 Å². The van der Waals surface area contributed by atoms with Crippen molar-refractivity contribution in [3.63, 3.8) is 0 Å². The molecule has 1 N–H and O–H groups in total. The zero-order valence-corrected chi connectivity index (χ0v) is 22.7. The van der Waals surface area contributed by atoms with Crippen LogP contribution < -0.4 is 10.2 Å². The van der Waals surface area contributed by atoms with E-state index in [0.29, 0.717) is 16.5 Å². The molecule has 1 aliphatic heterocycles. The Hall–Kier alpha value is -3.08. The number of para-hydroxylation sites is 2. The van der Waals surface area contributed by atoms with E-state index in [-0.39, 0.29) is 23.6 Å². The first-order chi connectivity index (χ1) is 17.4. The molecular formula is C26H22BrN5O2S2. The third kappa shape index (κ3) is 4.80. The van der Waals surface area contributed by atoms with E-state index in [1.807, 2.05) is 85.3 Å². The zero-order chi connectivity index (χ0) is 25.2. The molecule has 0 bridgehead atoms. The molecule has 0 spiro atoms. The number of aromatic nitrogens is 3. The van der Waals surface area contributed by atoms with Crippen LogP contribution in [-0.4, -0.2) is 32.3 Å². The highest BCUT2D eigenvalue weighted by molar-refractivity contribution is 9.10. The summed E-state index contributed by atoms with van der Waals surface area (Å²) in [6.45, 7) is 1.86. The van der Waals surface area contributed by atoms with Crippen LogP contribution in [0.15, 0.2) is 92.2 Å². The third-order valence-corrected chi connectivity index (χ3v) is 8.56. The fourth-order valence-electron chi connectivity index (χ4n) is 3.98. The normalized spacial score (nSPS) is 13.0. The molecule has 10 heteroatoms. The van der Waals surface area contributed by atoms with Crippen molar-refractivity contribution in [1.82, 2.24) is 20.1 Å². The first-order valence-electron chi connectivity index (χ1n) is 11.2. The number of fused-ring (bicyclic) bond motifs is 2. The predicted octanol–water partition coefficient (Wildman–Crippen LogP) is 5.99. The summed E-state index contributed by atoms with van der Waals surface area (Å²) in [4.78, 5) is 30.0. The molecule has 1 aliphatic rings. The molecule has 0 aliphatic carbocycles. The van der Waals surface area contributed by atoms with Gasteiger partial charge in [0.2, 0.25) is 5.91 Å². The summed E-state index contributed by atoms with van der Waals surface area (Å²) < 4.78 is 2.54. The number of carbonyl (C=O) groups is 2. The maximum Gasteiger partial charge on any atom is 0.253 e. The van der Waals surface area contributed by atoms with Gasteiger partial charge in [0.25, 0.3) is 5.91 Å².